The zero-order valence-corrected chi connectivity index (χ0v) is 11.5. The molecule has 0 aromatic carbocycles. The summed E-state index contributed by atoms with van der Waals surface area (Å²) in [6.07, 6.45) is 3.50. The number of halogens is 1. The highest BCUT2D eigenvalue weighted by atomic mass is 79.9. The molecule has 1 unspecified atom stereocenters. The maximum absolute atomic E-state index is 9.40. The van der Waals surface area contributed by atoms with Gasteiger partial charge in [0.1, 0.15) is 0 Å². The Morgan fingerprint density at radius 1 is 1.47 bits per heavy atom. The van der Waals surface area contributed by atoms with Gasteiger partial charge in [-0.3, -0.25) is 4.98 Å². The van der Waals surface area contributed by atoms with E-state index in [1.54, 1.807) is 23.7 Å². The number of nitrogens with one attached hydrogen (secondary N) is 1. The Kier molecular flexibility index (Phi) is 4.67. The molecule has 0 saturated carbocycles. The zero-order valence-electron chi connectivity index (χ0n) is 9.14. The largest absolute Gasteiger partial charge is 0.394 e. The summed E-state index contributed by atoms with van der Waals surface area (Å²) in [4.78, 5) is 5.36. The van der Waals surface area contributed by atoms with E-state index in [0.717, 1.165) is 16.6 Å². The average molecular weight is 313 g/mol. The van der Waals surface area contributed by atoms with E-state index in [2.05, 4.69) is 32.3 Å². The van der Waals surface area contributed by atoms with Crippen LogP contribution in [0.25, 0.3) is 0 Å². The lowest BCUT2D eigenvalue weighted by molar-refractivity contribution is 0.243. The van der Waals surface area contributed by atoms with Gasteiger partial charge >= 0.3 is 0 Å². The van der Waals surface area contributed by atoms with Gasteiger partial charge in [-0.25, -0.2) is 0 Å². The summed E-state index contributed by atoms with van der Waals surface area (Å²) in [6, 6.07) is 5.98. The van der Waals surface area contributed by atoms with Crippen LogP contribution in [0.5, 0.6) is 0 Å². The van der Waals surface area contributed by atoms with Crippen LogP contribution >= 0.6 is 27.3 Å². The number of pyridine rings is 1. The van der Waals surface area contributed by atoms with Gasteiger partial charge in [-0.1, -0.05) is 6.07 Å². The molecule has 0 aliphatic heterocycles. The van der Waals surface area contributed by atoms with Gasteiger partial charge in [-0.2, -0.15) is 0 Å². The highest BCUT2D eigenvalue weighted by molar-refractivity contribution is 9.10. The number of nitrogens with zero attached hydrogens (tertiary/aromatic N) is 1. The molecule has 0 aliphatic carbocycles. The second kappa shape index (κ2) is 6.26. The maximum atomic E-state index is 9.40. The van der Waals surface area contributed by atoms with E-state index in [9.17, 15) is 5.11 Å². The van der Waals surface area contributed by atoms with Crippen LogP contribution < -0.4 is 5.32 Å². The molecule has 5 heteroatoms. The molecule has 2 N–H and O–H groups in total. The molecule has 0 radical (unpaired) electrons. The van der Waals surface area contributed by atoms with Crippen LogP contribution in [0.15, 0.2) is 40.4 Å². The monoisotopic (exact) mass is 312 g/mol. The molecule has 0 amide bonds. The van der Waals surface area contributed by atoms with E-state index in [-0.39, 0.29) is 12.6 Å². The van der Waals surface area contributed by atoms with Gasteiger partial charge in [0.25, 0.3) is 0 Å². The van der Waals surface area contributed by atoms with Crippen LogP contribution in [0, 0.1) is 0 Å². The summed E-state index contributed by atoms with van der Waals surface area (Å²) in [5.74, 6) is 0. The van der Waals surface area contributed by atoms with E-state index >= 15 is 0 Å². The van der Waals surface area contributed by atoms with E-state index in [4.69, 9.17) is 0 Å². The lowest BCUT2D eigenvalue weighted by atomic mass is 10.1. The van der Waals surface area contributed by atoms with Crippen LogP contribution in [0.4, 0.5) is 0 Å². The fourth-order valence-electron chi connectivity index (χ4n) is 1.54. The van der Waals surface area contributed by atoms with E-state index in [1.165, 1.54) is 4.88 Å². The van der Waals surface area contributed by atoms with Gasteiger partial charge in [0.15, 0.2) is 0 Å². The van der Waals surface area contributed by atoms with Gasteiger partial charge < -0.3 is 10.4 Å². The summed E-state index contributed by atoms with van der Waals surface area (Å²) >= 11 is 5.08. The van der Waals surface area contributed by atoms with Crippen molar-refractivity contribution in [3.8, 4) is 0 Å². The zero-order chi connectivity index (χ0) is 12.1. The molecule has 2 aromatic heterocycles. The van der Waals surface area contributed by atoms with Crippen LogP contribution in [0.3, 0.4) is 0 Å². The van der Waals surface area contributed by atoms with E-state index in [0.29, 0.717) is 0 Å². The minimum absolute atomic E-state index is 0.0590. The normalized spacial score (nSPS) is 12.6. The van der Waals surface area contributed by atoms with Crippen molar-refractivity contribution in [3.63, 3.8) is 0 Å². The van der Waals surface area contributed by atoms with Crippen molar-refractivity contribution in [2.75, 3.05) is 6.61 Å². The number of aromatic nitrogens is 1. The topological polar surface area (TPSA) is 45.1 Å². The molecule has 0 fully saturated rings. The number of aliphatic hydroxyl groups excluding tert-OH is 1. The first-order valence-electron chi connectivity index (χ1n) is 5.26. The minimum Gasteiger partial charge on any atom is -0.394 e. The Labute approximate surface area is 113 Å². The lowest BCUT2D eigenvalue weighted by Gasteiger charge is -2.16. The Balaban J connectivity index is 2.01. The molecule has 2 rings (SSSR count). The van der Waals surface area contributed by atoms with Gasteiger partial charge in [0.05, 0.1) is 12.6 Å². The van der Waals surface area contributed by atoms with Crippen molar-refractivity contribution in [2.45, 2.75) is 12.6 Å². The van der Waals surface area contributed by atoms with Crippen LogP contribution in [0.2, 0.25) is 0 Å². The van der Waals surface area contributed by atoms with E-state index in [1.807, 2.05) is 17.5 Å². The predicted octanol–water partition coefficient (Wildman–Crippen LogP) is 2.73. The first-order valence-corrected chi connectivity index (χ1v) is 6.94. The average Bonchev–Trinajstić information content (AvgIpc) is 2.83. The Morgan fingerprint density at radius 3 is 3.00 bits per heavy atom. The van der Waals surface area contributed by atoms with Crippen LogP contribution in [-0.4, -0.2) is 16.7 Å². The van der Waals surface area contributed by atoms with E-state index < -0.39 is 0 Å². The molecule has 0 saturated heterocycles. The van der Waals surface area contributed by atoms with Gasteiger partial charge in [0, 0.05) is 28.3 Å². The smallest absolute Gasteiger partial charge is 0.0627 e. The van der Waals surface area contributed by atoms with Crippen molar-refractivity contribution in [1.82, 2.24) is 10.3 Å². The second-order valence-electron chi connectivity index (χ2n) is 3.63. The van der Waals surface area contributed by atoms with Crippen LogP contribution in [-0.2, 0) is 6.54 Å². The van der Waals surface area contributed by atoms with Crippen molar-refractivity contribution in [2.24, 2.45) is 0 Å². The molecule has 0 bridgehead atoms. The molecular weight excluding hydrogens is 300 g/mol. The molecule has 0 aliphatic rings. The highest BCUT2D eigenvalue weighted by Crippen LogP contribution is 2.17. The summed E-state index contributed by atoms with van der Waals surface area (Å²) < 4.78 is 0.923. The first-order chi connectivity index (χ1) is 8.29. The van der Waals surface area contributed by atoms with Crippen molar-refractivity contribution < 1.29 is 5.11 Å². The summed E-state index contributed by atoms with van der Waals surface area (Å²) in [5.41, 5.74) is 0.985. The third-order valence-electron chi connectivity index (χ3n) is 2.41. The SMILES string of the molecule is OCC(NCc1cccs1)c1cncc(Br)c1. The van der Waals surface area contributed by atoms with Crippen molar-refractivity contribution >= 4 is 27.3 Å². The van der Waals surface area contributed by atoms with Gasteiger partial charge in [-0.15, -0.1) is 11.3 Å². The third kappa shape index (κ3) is 3.61. The fourth-order valence-corrected chi connectivity index (χ4v) is 2.58. The molecular formula is C12H13BrN2OS. The summed E-state index contributed by atoms with van der Waals surface area (Å²) in [7, 11) is 0. The number of thiophene rings is 1. The quantitative estimate of drug-likeness (QED) is 0.892. The summed E-state index contributed by atoms with van der Waals surface area (Å²) in [5, 5.41) is 14.8. The third-order valence-corrected chi connectivity index (χ3v) is 3.72. The molecule has 0 spiro atoms. The second-order valence-corrected chi connectivity index (χ2v) is 5.58. The minimum atomic E-state index is -0.0814. The number of hydrogen-bond donors (Lipinski definition) is 2. The Bertz CT molecular complexity index is 461. The Hall–Kier alpha value is -0.750. The Morgan fingerprint density at radius 2 is 2.35 bits per heavy atom. The molecule has 90 valence electrons. The standard InChI is InChI=1S/C12H13BrN2OS/c13-10-4-9(5-14-6-10)12(8-16)15-7-11-2-1-3-17-11/h1-6,12,15-16H,7-8H2. The number of hydrogen-bond acceptors (Lipinski definition) is 4. The van der Waals surface area contributed by atoms with Crippen LogP contribution in [0.1, 0.15) is 16.5 Å². The molecule has 1 atom stereocenters. The molecule has 17 heavy (non-hydrogen) atoms. The van der Waals surface area contributed by atoms with Gasteiger partial charge in [0.2, 0.25) is 0 Å². The van der Waals surface area contributed by atoms with Gasteiger partial charge in [-0.05, 0) is 39.0 Å². The predicted molar refractivity (Wildman–Crippen MR) is 72.9 cm³/mol. The van der Waals surface area contributed by atoms with Crippen molar-refractivity contribution in [1.29, 1.82) is 0 Å². The maximum Gasteiger partial charge on any atom is 0.0627 e. The molecule has 2 heterocycles. The number of rotatable bonds is 5. The fraction of sp³-hybridized carbons (Fsp3) is 0.250. The lowest BCUT2D eigenvalue weighted by Crippen LogP contribution is -2.23. The molecule has 2 aromatic rings. The number of aliphatic hydroxyl groups is 1. The summed E-state index contributed by atoms with van der Waals surface area (Å²) in [6.45, 7) is 0.818. The highest BCUT2D eigenvalue weighted by Gasteiger charge is 2.10. The van der Waals surface area contributed by atoms with Crippen molar-refractivity contribution in [3.05, 3.63) is 50.9 Å². The molecule has 3 nitrogen and oxygen atoms in total. The first kappa shape index (κ1) is 12.7.